The number of carbonyl (C=O) groups is 2. The largest absolute Gasteiger partial charge is 0.396 e. The van der Waals surface area contributed by atoms with Crippen molar-refractivity contribution in [3.63, 3.8) is 0 Å². The summed E-state index contributed by atoms with van der Waals surface area (Å²) in [5, 5.41) is 17.3. The van der Waals surface area contributed by atoms with E-state index in [1.165, 1.54) is 17.8 Å². The number of hydrogen-bond donors (Lipinski definition) is 2. The summed E-state index contributed by atoms with van der Waals surface area (Å²) in [6, 6.07) is 0. The maximum atomic E-state index is 11.0. The summed E-state index contributed by atoms with van der Waals surface area (Å²) in [6.45, 7) is 3.97. The van der Waals surface area contributed by atoms with Gasteiger partial charge in [0, 0.05) is 23.2 Å². The Bertz CT molecular complexity index is 283. The van der Waals surface area contributed by atoms with Gasteiger partial charge in [-0.2, -0.15) is 11.8 Å². The average molecular weight is 341 g/mol. The third-order valence-electron chi connectivity index (χ3n) is 1.85. The molecule has 0 aliphatic carbocycles. The zero-order valence-corrected chi connectivity index (χ0v) is 14.7. The molecule has 0 fully saturated rings. The number of allylic oxidation sites excluding steroid dienone is 1. The lowest BCUT2D eigenvalue weighted by Gasteiger charge is -2.04. The van der Waals surface area contributed by atoms with E-state index in [-0.39, 0.29) is 23.4 Å². The maximum absolute atomic E-state index is 11.0. The van der Waals surface area contributed by atoms with Crippen LogP contribution in [0.2, 0.25) is 0 Å². The molecule has 1 unspecified atom stereocenters. The van der Waals surface area contributed by atoms with Gasteiger partial charge in [0.15, 0.2) is 5.12 Å². The van der Waals surface area contributed by atoms with Crippen molar-refractivity contribution in [3.05, 3.63) is 12.2 Å². The molecule has 0 aliphatic rings. The summed E-state index contributed by atoms with van der Waals surface area (Å²) < 4.78 is 0. The fourth-order valence-corrected chi connectivity index (χ4v) is 2.50. The minimum absolute atomic E-state index is 0.00606. The van der Waals surface area contributed by atoms with E-state index < -0.39 is 0 Å². The fourth-order valence-electron chi connectivity index (χ4n) is 0.867. The van der Waals surface area contributed by atoms with Crippen molar-refractivity contribution >= 4 is 45.5 Å². The lowest BCUT2D eigenvalue weighted by Crippen LogP contribution is -2.04. The second kappa shape index (κ2) is 17.1. The number of aliphatic hydroxyl groups is 2. The molecule has 4 nitrogen and oxygen atoms in total. The summed E-state index contributed by atoms with van der Waals surface area (Å²) in [7, 11) is 0. The molecule has 0 saturated carbocycles. The van der Waals surface area contributed by atoms with Crippen molar-refractivity contribution in [2.45, 2.75) is 25.5 Å². The highest BCUT2D eigenvalue weighted by Gasteiger charge is 2.07. The van der Waals surface area contributed by atoms with E-state index >= 15 is 0 Å². The summed E-state index contributed by atoms with van der Waals surface area (Å²) in [5.41, 5.74) is 0. The molecule has 0 aromatic heterocycles. The molecule has 1 atom stereocenters. The number of rotatable bonds is 8. The van der Waals surface area contributed by atoms with E-state index in [9.17, 15) is 9.59 Å². The molecular weight excluding hydrogens is 316 g/mol. The summed E-state index contributed by atoms with van der Waals surface area (Å²) in [4.78, 5) is 21.6. The number of thioether (sulfide) groups is 3. The maximum Gasteiger partial charge on any atom is 0.211 e. The highest BCUT2D eigenvalue weighted by atomic mass is 32.2. The van der Waals surface area contributed by atoms with Gasteiger partial charge in [0.1, 0.15) is 0 Å². The summed E-state index contributed by atoms with van der Waals surface area (Å²) in [6.07, 6.45) is 5.77. The Labute approximate surface area is 134 Å². The van der Waals surface area contributed by atoms with Crippen LogP contribution >= 0.6 is 35.3 Å². The molecule has 0 bridgehead atoms. The van der Waals surface area contributed by atoms with Crippen LogP contribution in [0.3, 0.4) is 0 Å². The molecule has 0 radical (unpaired) electrons. The fraction of sp³-hybridized carbons (Fsp3) is 0.692. The predicted octanol–water partition coefficient (Wildman–Crippen LogP) is 2.19. The molecule has 2 N–H and O–H groups in total. The van der Waals surface area contributed by atoms with Crippen LogP contribution in [0.15, 0.2) is 12.2 Å². The van der Waals surface area contributed by atoms with Crippen LogP contribution in [0.1, 0.15) is 20.3 Å². The summed E-state index contributed by atoms with van der Waals surface area (Å²) >= 11 is 4.03. The smallest absolute Gasteiger partial charge is 0.211 e. The van der Waals surface area contributed by atoms with Gasteiger partial charge in [-0.1, -0.05) is 36.5 Å². The molecule has 118 valence electrons. The first kappa shape index (κ1) is 22.3. The standard InChI is InChI=1S/C7H14O2S2.C6H10O2S/c1-6(10-2)5-7(9)11-4-3-8;1-2-3-6(8)9-5-4-7/h6,8H,3-5H2,1-2H3;2-3,7H,4-5H2,1H3/b;3-2+. The van der Waals surface area contributed by atoms with E-state index in [0.29, 0.717) is 23.2 Å². The first-order valence-electron chi connectivity index (χ1n) is 6.21. The van der Waals surface area contributed by atoms with Crippen molar-refractivity contribution in [2.24, 2.45) is 0 Å². The Morgan fingerprint density at radius 1 is 1.15 bits per heavy atom. The summed E-state index contributed by atoms with van der Waals surface area (Å²) in [5.74, 6) is 1.02. The van der Waals surface area contributed by atoms with Crippen LogP contribution in [-0.4, -0.2) is 56.7 Å². The molecule has 0 spiro atoms. The van der Waals surface area contributed by atoms with Crippen molar-refractivity contribution in [1.29, 1.82) is 0 Å². The molecule has 20 heavy (non-hydrogen) atoms. The second-order valence-corrected chi connectivity index (χ2v) is 7.11. The molecule has 0 aromatic carbocycles. The molecule has 0 aromatic rings. The first-order chi connectivity index (χ1) is 9.51. The van der Waals surface area contributed by atoms with Crippen molar-refractivity contribution in [3.8, 4) is 0 Å². The van der Waals surface area contributed by atoms with Gasteiger partial charge in [-0.3, -0.25) is 9.59 Å². The third kappa shape index (κ3) is 18.0. The van der Waals surface area contributed by atoms with Crippen molar-refractivity contribution < 1.29 is 19.8 Å². The Morgan fingerprint density at radius 2 is 1.70 bits per heavy atom. The minimum Gasteiger partial charge on any atom is -0.396 e. The highest BCUT2D eigenvalue weighted by Crippen LogP contribution is 2.14. The number of carbonyl (C=O) groups excluding carboxylic acids is 2. The zero-order chi connectivity index (χ0) is 15.8. The van der Waals surface area contributed by atoms with E-state index in [1.54, 1.807) is 24.8 Å². The first-order valence-corrected chi connectivity index (χ1v) is 9.47. The van der Waals surface area contributed by atoms with Crippen LogP contribution in [0.25, 0.3) is 0 Å². The van der Waals surface area contributed by atoms with Gasteiger partial charge in [-0.15, -0.1) is 0 Å². The Morgan fingerprint density at radius 3 is 2.15 bits per heavy atom. The molecule has 0 heterocycles. The van der Waals surface area contributed by atoms with Gasteiger partial charge in [0.05, 0.1) is 13.2 Å². The van der Waals surface area contributed by atoms with Crippen LogP contribution in [0.5, 0.6) is 0 Å². The third-order valence-corrected chi connectivity index (χ3v) is 4.50. The zero-order valence-electron chi connectivity index (χ0n) is 12.2. The SMILES string of the molecule is C/C=C/C(=O)SCCO.CSC(C)CC(=O)SCCO. The van der Waals surface area contributed by atoms with Crippen LogP contribution in [-0.2, 0) is 9.59 Å². The van der Waals surface area contributed by atoms with Gasteiger partial charge in [0.2, 0.25) is 5.12 Å². The molecule has 0 saturated heterocycles. The van der Waals surface area contributed by atoms with Crippen molar-refractivity contribution in [1.82, 2.24) is 0 Å². The van der Waals surface area contributed by atoms with Crippen molar-refractivity contribution in [2.75, 3.05) is 31.0 Å². The molecular formula is C13H24O4S3. The molecule has 7 heteroatoms. The Hall–Kier alpha value is 0.0500. The van der Waals surface area contributed by atoms with Crippen LogP contribution in [0.4, 0.5) is 0 Å². The van der Waals surface area contributed by atoms with Crippen LogP contribution in [0, 0.1) is 0 Å². The molecule has 0 amide bonds. The number of aliphatic hydroxyl groups excluding tert-OH is 2. The van der Waals surface area contributed by atoms with Crippen LogP contribution < -0.4 is 0 Å². The van der Waals surface area contributed by atoms with Gasteiger partial charge in [-0.05, 0) is 19.3 Å². The topological polar surface area (TPSA) is 74.6 Å². The van der Waals surface area contributed by atoms with E-state index in [2.05, 4.69) is 0 Å². The lowest BCUT2D eigenvalue weighted by atomic mass is 10.4. The quantitative estimate of drug-likeness (QED) is 0.656. The Kier molecular flexibility index (Phi) is 19.1. The monoisotopic (exact) mass is 340 g/mol. The highest BCUT2D eigenvalue weighted by molar-refractivity contribution is 8.14. The van der Waals surface area contributed by atoms with E-state index in [4.69, 9.17) is 10.2 Å². The van der Waals surface area contributed by atoms with Gasteiger partial charge in [0.25, 0.3) is 0 Å². The van der Waals surface area contributed by atoms with Gasteiger partial charge in [-0.25, -0.2) is 0 Å². The van der Waals surface area contributed by atoms with E-state index in [0.717, 1.165) is 11.8 Å². The van der Waals surface area contributed by atoms with Gasteiger partial charge >= 0.3 is 0 Å². The van der Waals surface area contributed by atoms with E-state index in [1.807, 2.05) is 13.2 Å². The normalized spacial score (nSPS) is 11.8. The minimum atomic E-state index is 0.00606. The molecule has 0 aliphatic heterocycles. The lowest BCUT2D eigenvalue weighted by molar-refractivity contribution is -0.111. The van der Waals surface area contributed by atoms with Gasteiger partial charge < -0.3 is 10.2 Å². The number of hydrogen-bond acceptors (Lipinski definition) is 7. The Balaban J connectivity index is 0. The second-order valence-electron chi connectivity index (χ2n) is 3.59. The average Bonchev–Trinajstić information content (AvgIpc) is 2.43. The predicted molar refractivity (Wildman–Crippen MR) is 91.5 cm³/mol. The molecule has 0 rings (SSSR count).